The Balaban J connectivity index is 2.22. The highest BCUT2D eigenvalue weighted by Gasteiger charge is 2.26. The molecule has 0 fully saturated rings. The van der Waals surface area contributed by atoms with Crippen LogP contribution in [0.3, 0.4) is 0 Å². The molecule has 21 heavy (non-hydrogen) atoms. The highest BCUT2D eigenvalue weighted by molar-refractivity contribution is 6.03. The zero-order valence-electron chi connectivity index (χ0n) is 12.4. The summed E-state index contributed by atoms with van der Waals surface area (Å²) in [6.07, 6.45) is 4.76. The van der Waals surface area contributed by atoms with Crippen LogP contribution in [0.1, 0.15) is 43.0 Å². The second kappa shape index (κ2) is 4.16. The first-order valence-electron chi connectivity index (χ1n) is 7.37. The Hall–Kier alpha value is -2.17. The van der Waals surface area contributed by atoms with Gasteiger partial charge >= 0.3 is 0 Å². The molecule has 5 nitrogen and oxygen atoms in total. The maximum Gasteiger partial charge on any atom is 0.296 e. The van der Waals surface area contributed by atoms with Crippen molar-refractivity contribution in [2.45, 2.75) is 39.0 Å². The van der Waals surface area contributed by atoms with Gasteiger partial charge in [0.25, 0.3) is 5.56 Å². The van der Waals surface area contributed by atoms with E-state index >= 15 is 0 Å². The molecule has 0 saturated heterocycles. The fourth-order valence-corrected chi connectivity index (χ4v) is 3.34. The summed E-state index contributed by atoms with van der Waals surface area (Å²) in [4.78, 5) is 21.3. The number of hydrogen-bond acceptors (Lipinski definition) is 4. The van der Waals surface area contributed by atoms with Gasteiger partial charge in [0.2, 0.25) is 11.3 Å². The second-order valence-corrected chi connectivity index (χ2v) is 6.08. The van der Waals surface area contributed by atoms with E-state index in [2.05, 4.69) is 18.8 Å². The van der Waals surface area contributed by atoms with E-state index in [1.165, 1.54) is 15.7 Å². The Morgan fingerprint density at radius 2 is 2.05 bits per heavy atom. The topological polar surface area (TPSA) is 60.9 Å². The van der Waals surface area contributed by atoms with E-state index in [1.807, 2.05) is 0 Å². The molecule has 0 amide bonds. The lowest BCUT2D eigenvalue weighted by molar-refractivity contribution is 0.632. The van der Waals surface area contributed by atoms with Gasteiger partial charge in [-0.1, -0.05) is 13.8 Å². The van der Waals surface area contributed by atoms with E-state index < -0.39 is 0 Å². The molecule has 4 rings (SSSR count). The number of nitrogens with zero attached hydrogens (tertiary/aromatic N) is 3. The maximum atomic E-state index is 12.2. The Morgan fingerprint density at radius 1 is 1.29 bits per heavy atom. The monoisotopic (exact) mass is 283 g/mol. The minimum absolute atomic E-state index is 0.157. The number of hydrogen-bond donors (Lipinski definition) is 0. The predicted molar refractivity (Wildman–Crippen MR) is 80.7 cm³/mol. The van der Waals surface area contributed by atoms with Crippen LogP contribution in [0.2, 0.25) is 0 Å². The van der Waals surface area contributed by atoms with Crippen molar-refractivity contribution >= 4 is 22.2 Å². The molecule has 108 valence electrons. The first-order chi connectivity index (χ1) is 10.1. The summed E-state index contributed by atoms with van der Waals surface area (Å²) in [7, 11) is 1.68. The molecule has 0 spiro atoms. The molecule has 3 aromatic heterocycles. The molecule has 0 radical (unpaired) electrons. The molecule has 1 aliphatic carbocycles. The Labute approximate surface area is 121 Å². The third kappa shape index (κ3) is 1.60. The van der Waals surface area contributed by atoms with Crippen molar-refractivity contribution in [3.8, 4) is 0 Å². The Kier molecular flexibility index (Phi) is 2.49. The van der Waals surface area contributed by atoms with Crippen LogP contribution >= 0.6 is 0 Å². The third-order valence-electron chi connectivity index (χ3n) is 4.34. The van der Waals surface area contributed by atoms with Crippen LogP contribution in [-0.4, -0.2) is 14.5 Å². The summed E-state index contributed by atoms with van der Waals surface area (Å²) in [5.41, 5.74) is 5.10. The van der Waals surface area contributed by atoms with Crippen LogP contribution in [0.25, 0.3) is 22.2 Å². The first-order valence-corrected chi connectivity index (χ1v) is 7.37. The lowest BCUT2D eigenvalue weighted by atomic mass is 9.99. The van der Waals surface area contributed by atoms with Gasteiger partial charge in [0.05, 0.1) is 17.4 Å². The molecule has 0 aliphatic heterocycles. The van der Waals surface area contributed by atoms with Gasteiger partial charge in [-0.05, 0) is 36.3 Å². The first kappa shape index (κ1) is 12.6. The zero-order valence-corrected chi connectivity index (χ0v) is 12.4. The van der Waals surface area contributed by atoms with Crippen molar-refractivity contribution in [3.05, 3.63) is 33.5 Å². The number of pyridine rings is 1. The van der Waals surface area contributed by atoms with E-state index in [-0.39, 0.29) is 5.56 Å². The second-order valence-electron chi connectivity index (χ2n) is 6.08. The number of rotatable bonds is 1. The van der Waals surface area contributed by atoms with Crippen molar-refractivity contribution in [3.63, 3.8) is 0 Å². The van der Waals surface area contributed by atoms with Gasteiger partial charge in [-0.15, -0.1) is 0 Å². The number of fused-ring (bicyclic) bond motifs is 5. The smallest absolute Gasteiger partial charge is 0.296 e. The largest absolute Gasteiger partial charge is 0.430 e. The molecule has 0 unspecified atom stereocenters. The van der Waals surface area contributed by atoms with Crippen LogP contribution in [0.5, 0.6) is 0 Å². The van der Waals surface area contributed by atoms with Crippen molar-refractivity contribution in [2.75, 3.05) is 0 Å². The minimum Gasteiger partial charge on any atom is -0.430 e. The summed E-state index contributed by atoms with van der Waals surface area (Å²) in [5.74, 6) is 0.352. The van der Waals surface area contributed by atoms with Crippen LogP contribution in [0.4, 0.5) is 0 Å². The maximum absolute atomic E-state index is 12.2. The van der Waals surface area contributed by atoms with Crippen molar-refractivity contribution in [1.29, 1.82) is 0 Å². The van der Waals surface area contributed by atoms with Crippen LogP contribution in [0.15, 0.2) is 15.5 Å². The predicted octanol–water partition coefficient (Wildman–Crippen LogP) is 2.69. The average molecular weight is 283 g/mol. The van der Waals surface area contributed by atoms with Gasteiger partial charge in [0.15, 0.2) is 0 Å². The summed E-state index contributed by atoms with van der Waals surface area (Å²) in [5, 5.41) is 0.944. The molecular formula is C16H17N3O2. The summed E-state index contributed by atoms with van der Waals surface area (Å²) >= 11 is 0. The third-order valence-corrected chi connectivity index (χ3v) is 4.34. The van der Waals surface area contributed by atoms with Gasteiger partial charge in [-0.2, -0.15) is 0 Å². The van der Waals surface area contributed by atoms with E-state index in [4.69, 9.17) is 9.40 Å². The summed E-state index contributed by atoms with van der Waals surface area (Å²) in [6, 6.07) is 0. The molecule has 0 aromatic carbocycles. The summed E-state index contributed by atoms with van der Waals surface area (Å²) < 4.78 is 7.21. The van der Waals surface area contributed by atoms with E-state index in [1.54, 1.807) is 13.4 Å². The van der Waals surface area contributed by atoms with Gasteiger partial charge in [0.1, 0.15) is 5.52 Å². The molecule has 0 N–H and O–H groups in total. The lowest BCUT2D eigenvalue weighted by Crippen LogP contribution is -2.15. The molecule has 3 aromatic rings. The average Bonchev–Trinajstić information content (AvgIpc) is 3.05. The zero-order chi connectivity index (χ0) is 14.7. The lowest BCUT2D eigenvalue weighted by Gasteiger charge is -2.10. The van der Waals surface area contributed by atoms with Crippen molar-refractivity contribution in [2.24, 2.45) is 7.05 Å². The van der Waals surface area contributed by atoms with E-state index in [0.29, 0.717) is 22.7 Å². The highest BCUT2D eigenvalue weighted by Crippen LogP contribution is 2.37. The normalized spacial score (nSPS) is 14.5. The molecule has 1 aliphatic rings. The van der Waals surface area contributed by atoms with Gasteiger partial charge in [-0.3, -0.25) is 9.36 Å². The molecule has 3 heterocycles. The van der Waals surface area contributed by atoms with Crippen LogP contribution in [-0.2, 0) is 19.9 Å². The SMILES string of the molecule is CC(C)c1nc2oc3c(=O)n(C)cnc3c2c2c1CCC2. The van der Waals surface area contributed by atoms with E-state index in [9.17, 15) is 4.79 Å². The molecule has 0 bridgehead atoms. The summed E-state index contributed by atoms with van der Waals surface area (Å²) in [6.45, 7) is 4.29. The van der Waals surface area contributed by atoms with Crippen molar-refractivity contribution < 1.29 is 4.42 Å². The van der Waals surface area contributed by atoms with Crippen molar-refractivity contribution in [1.82, 2.24) is 14.5 Å². The molecule has 5 heteroatoms. The molecular weight excluding hydrogens is 266 g/mol. The fraction of sp³-hybridized carbons (Fsp3) is 0.438. The molecule has 0 atom stereocenters. The van der Waals surface area contributed by atoms with Gasteiger partial charge in [0, 0.05) is 7.05 Å². The molecule has 0 saturated carbocycles. The van der Waals surface area contributed by atoms with Crippen LogP contribution in [0, 0.1) is 0 Å². The van der Waals surface area contributed by atoms with Crippen LogP contribution < -0.4 is 5.56 Å². The minimum atomic E-state index is -0.157. The standard InChI is InChI=1S/C16H17N3O2/c1-8(2)12-10-6-4-5-9(10)11-13-14(21-15(11)18-12)16(20)19(3)7-17-13/h7-8H,4-6H2,1-3H3. The number of aryl methyl sites for hydroxylation is 2. The fourth-order valence-electron chi connectivity index (χ4n) is 3.34. The quantitative estimate of drug-likeness (QED) is 0.689. The number of aromatic nitrogens is 3. The Morgan fingerprint density at radius 3 is 2.81 bits per heavy atom. The number of furan rings is 1. The van der Waals surface area contributed by atoms with Gasteiger partial charge in [-0.25, -0.2) is 9.97 Å². The Bertz CT molecular complexity index is 934. The van der Waals surface area contributed by atoms with E-state index in [0.717, 1.165) is 30.3 Å². The van der Waals surface area contributed by atoms with Gasteiger partial charge < -0.3 is 4.42 Å². The highest BCUT2D eigenvalue weighted by atomic mass is 16.3.